The number of aryl methyl sites for hydroxylation is 2. The van der Waals surface area contributed by atoms with Crippen LogP contribution >= 0.6 is 0 Å². The molecule has 3 heterocycles. The topological polar surface area (TPSA) is 80.8 Å². The minimum Gasteiger partial charge on any atom is -0.385 e. The first-order valence-corrected chi connectivity index (χ1v) is 14.5. The highest BCUT2D eigenvalue weighted by molar-refractivity contribution is 5.95. The van der Waals surface area contributed by atoms with Gasteiger partial charge < -0.3 is 24.8 Å². The van der Waals surface area contributed by atoms with Gasteiger partial charge in [0, 0.05) is 87.0 Å². The van der Waals surface area contributed by atoms with Gasteiger partial charge in [-0.05, 0) is 68.4 Å². The molecule has 7 heteroatoms. The van der Waals surface area contributed by atoms with E-state index in [1.165, 1.54) is 22.2 Å². The summed E-state index contributed by atoms with van der Waals surface area (Å²) in [6.45, 7) is 6.20. The molecule has 0 radical (unpaired) electrons. The van der Waals surface area contributed by atoms with Gasteiger partial charge in [-0.15, -0.1) is 0 Å². The van der Waals surface area contributed by atoms with Crippen molar-refractivity contribution in [3.63, 3.8) is 0 Å². The SMILES string of the molecule is COCCCn1c(C2CCCN(C(=O)C[C@H](N)Cc3ccc(N4CCCC4=O)cc3)C2)c(C)c2ccccc21. The fourth-order valence-corrected chi connectivity index (χ4v) is 6.52. The molecule has 1 unspecified atom stereocenters. The molecule has 2 aliphatic rings. The monoisotopic (exact) mass is 530 g/mol. The lowest BCUT2D eigenvalue weighted by Crippen LogP contribution is -2.42. The summed E-state index contributed by atoms with van der Waals surface area (Å²) >= 11 is 0. The summed E-state index contributed by atoms with van der Waals surface area (Å²) in [6.07, 6.45) is 5.58. The first kappa shape index (κ1) is 27.4. The van der Waals surface area contributed by atoms with Crippen molar-refractivity contribution in [3.05, 3.63) is 65.4 Å². The Kier molecular flexibility index (Phi) is 8.68. The van der Waals surface area contributed by atoms with Crippen LogP contribution in [0, 0.1) is 6.92 Å². The molecule has 7 nitrogen and oxygen atoms in total. The first-order chi connectivity index (χ1) is 19.0. The number of carbonyl (C=O) groups excluding carboxylic acids is 2. The fraction of sp³-hybridized carbons (Fsp3) is 0.500. The summed E-state index contributed by atoms with van der Waals surface area (Å²) in [5.74, 6) is 0.649. The number of anilines is 1. The summed E-state index contributed by atoms with van der Waals surface area (Å²) in [6, 6.07) is 16.5. The minimum absolute atomic E-state index is 0.145. The van der Waals surface area contributed by atoms with Crippen molar-refractivity contribution in [2.45, 2.75) is 70.4 Å². The summed E-state index contributed by atoms with van der Waals surface area (Å²) in [4.78, 5) is 29.3. The van der Waals surface area contributed by atoms with E-state index in [4.69, 9.17) is 10.5 Å². The number of nitrogens with zero attached hydrogens (tertiary/aromatic N) is 3. The second-order valence-electron chi connectivity index (χ2n) is 11.2. The molecule has 208 valence electrons. The Morgan fingerprint density at radius 2 is 1.90 bits per heavy atom. The van der Waals surface area contributed by atoms with Crippen LogP contribution in [0.2, 0.25) is 0 Å². The van der Waals surface area contributed by atoms with Gasteiger partial charge >= 0.3 is 0 Å². The van der Waals surface area contributed by atoms with Crippen molar-refractivity contribution in [2.75, 3.05) is 38.3 Å². The Morgan fingerprint density at radius 3 is 2.64 bits per heavy atom. The van der Waals surface area contributed by atoms with Gasteiger partial charge in [-0.1, -0.05) is 30.3 Å². The van der Waals surface area contributed by atoms with Crippen LogP contribution in [0.4, 0.5) is 5.69 Å². The maximum absolute atomic E-state index is 13.4. The quantitative estimate of drug-likeness (QED) is 0.383. The fourth-order valence-electron chi connectivity index (χ4n) is 6.52. The number of rotatable bonds is 10. The number of ether oxygens (including phenoxy) is 1. The van der Waals surface area contributed by atoms with E-state index < -0.39 is 0 Å². The van der Waals surface area contributed by atoms with Gasteiger partial charge in [0.1, 0.15) is 0 Å². The largest absolute Gasteiger partial charge is 0.385 e. The Hall–Kier alpha value is -3.16. The zero-order chi connectivity index (χ0) is 27.4. The number of hydrogen-bond donors (Lipinski definition) is 1. The van der Waals surface area contributed by atoms with E-state index in [1.54, 1.807) is 7.11 Å². The number of hydrogen-bond acceptors (Lipinski definition) is 4. The molecule has 0 bridgehead atoms. The molecule has 2 aliphatic heterocycles. The van der Waals surface area contributed by atoms with E-state index in [9.17, 15) is 9.59 Å². The molecule has 0 saturated carbocycles. The Balaban J connectivity index is 1.23. The third kappa shape index (κ3) is 6.04. The molecule has 1 aromatic heterocycles. The smallest absolute Gasteiger partial charge is 0.227 e. The van der Waals surface area contributed by atoms with Crippen molar-refractivity contribution in [1.82, 2.24) is 9.47 Å². The Bertz CT molecular complexity index is 1300. The molecule has 2 fully saturated rings. The summed E-state index contributed by atoms with van der Waals surface area (Å²) in [5.41, 5.74) is 12.5. The molecule has 0 spiro atoms. The lowest BCUT2D eigenvalue weighted by atomic mass is 9.91. The van der Waals surface area contributed by atoms with Gasteiger partial charge in [0.05, 0.1) is 0 Å². The van der Waals surface area contributed by atoms with E-state index in [0.717, 1.165) is 69.7 Å². The van der Waals surface area contributed by atoms with Crippen molar-refractivity contribution in [2.24, 2.45) is 5.73 Å². The number of nitrogens with two attached hydrogens (primary N) is 1. The molecule has 2 atom stereocenters. The van der Waals surface area contributed by atoms with Gasteiger partial charge in [0.25, 0.3) is 0 Å². The molecule has 2 aromatic carbocycles. The van der Waals surface area contributed by atoms with Crippen molar-refractivity contribution < 1.29 is 14.3 Å². The van der Waals surface area contributed by atoms with Gasteiger partial charge in [-0.3, -0.25) is 9.59 Å². The van der Waals surface area contributed by atoms with Crippen LogP contribution in [0.1, 0.15) is 61.3 Å². The maximum atomic E-state index is 13.4. The summed E-state index contributed by atoms with van der Waals surface area (Å²) in [7, 11) is 1.75. The molecular weight excluding hydrogens is 488 g/mol. The van der Waals surface area contributed by atoms with Gasteiger partial charge in [-0.25, -0.2) is 0 Å². The van der Waals surface area contributed by atoms with Gasteiger partial charge in [-0.2, -0.15) is 0 Å². The Labute approximate surface area is 231 Å². The highest BCUT2D eigenvalue weighted by atomic mass is 16.5. The molecule has 3 aromatic rings. The van der Waals surface area contributed by atoms with E-state index in [-0.39, 0.29) is 17.9 Å². The van der Waals surface area contributed by atoms with Crippen LogP contribution in [0.15, 0.2) is 48.5 Å². The first-order valence-electron chi connectivity index (χ1n) is 14.5. The number of amides is 2. The maximum Gasteiger partial charge on any atom is 0.227 e. The predicted octanol–water partition coefficient (Wildman–Crippen LogP) is 4.78. The number of para-hydroxylation sites is 1. The van der Waals surface area contributed by atoms with E-state index >= 15 is 0 Å². The van der Waals surface area contributed by atoms with Crippen LogP contribution in [-0.4, -0.2) is 60.7 Å². The number of methoxy groups -OCH3 is 1. The van der Waals surface area contributed by atoms with Crippen molar-refractivity contribution in [3.8, 4) is 0 Å². The Morgan fingerprint density at radius 1 is 1.10 bits per heavy atom. The molecule has 5 rings (SSSR count). The molecule has 39 heavy (non-hydrogen) atoms. The highest BCUT2D eigenvalue weighted by Gasteiger charge is 2.30. The number of benzene rings is 2. The third-order valence-electron chi connectivity index (χ3n) is 8.42. The third-order valence-corrected chi connectivity index (χ3v) is 8.42. The molecule has 0 aliphatic carbocycles. The number of fused-ring (bicyclic) bond motifs is 1. The van der Waals surface area contributed by atoms with E-state index in [0.29, 0.717) is 25.2 Å². The second-order valence-corrected chi connectivity index (χ2v) is 11.2. The second kappa shape index (κ2) is 12.3. The highest BCUT2D eigenvalue weighted by Crippen LogP contribution is 2.36. The number of aromatic nitrogens is 1. The van der Waals surface area contributed by atoms with Crippen molar-refractivity contribution >= 4 is 28.4 Å². The normalized spacial score (nSPS) is 18.7. The van der Waals surface area contributed by atoms with Crippen LogP contribution in [-0.2, 0) is 27.3 Å². The van der Waals surface area contributed by atoms with Crippen LogP contribution in [0.25, 0.3) is 10.9 Å². The lowest BCUT2D eigenvalue weighted by Gasteiger charge is -2.34. The average molecular weight is 531 g/mol. The number of likely N-dealkylation sites (tertiary alicyclic amines) is 1. The molecule has 2 N–H and O–H groups in total. The van der Waals surface area contributed by atoms with Crippen LogP contribution in [0.3, 0.4) is 0 Å². The van der Waals surface area contributed by atoms with Gasteiger partial charge in [0.2, 0.25) is 11.8 Å². The van der Waals surface area contributed by atoms with Crippen molar-refractivity contribution in [1.29, 1.82) is 0 Å². The van der Waals surface area contributed by atoms with E-state index in [2.05, 4.69) is 35.8 Å². The number of carbonyl (C=O) groups is 2. The van der Waals surface area contributed by atoms with Gasteiger partial charge in [0.15, 0.2) is 0 Å². The van der Waals surface area contributed by atoms with Crippen LogP contribution < -0.4 is 10.6 Å². The summed E-state index contributed by atoms with van der Waals surface area (Å²) in [5, 5.41) is 1.30. The minimum atomic E-state index is -0.237. The van der Waals surface area contributed by atoms with E-state index in [1.807, 2.05) is 34.1 Å². The van der Waals surface area contributed by atoms with Crippen LogP contribution in [0.5, 0.6) is 0 Å². The standard InChI is InChI=1S/C32H42N4O3/c1-23-28-9-3-4-10-29(28)36(18-7-19-39-2)32(23)25-8-5-16-34(22-25)31(38)21-26(33)20-24-12-14-27(15-13-24)35-17-6-11-30(35)37/h3-4,9-10,12-15,25-26H,5-8,11,16-22,33H2,1-2H3/t25?,26-/m1/s1. The zero-order valence-corrected chi connectivity index (χ0v) is 23.4. The predicted molar refractivity (Wildman–Crippen MR) is 156 cm³/mol. The lowest BCUT2D eigenvalue weighted by molar-refractivity contribution is -0.132. The summed E-state index contributed by atoms with van der Waals surface area (Å²) < 4.78 is 7.80. The molecule has 2 amide bonds. The average Bonchev–Trinajstić information content (AvgIpc) is 3.50. The number of piperidine rings is 1. The zero-order valence-electron chi connectivity index (χ0n) is 23.4. The molecule has 2 saturated heterocycles. The molecular formula is C32H42N4O3.